The molecule has 1 aromatic heterocycles. The van der Waals surface area contributed by atoms with E-state index in [1.54, 1.807) is 0 Å². The van der Waals surface area contributed by atoms with Crippen molar-refractivity contribution in [1.82, 2.24) is 9.88 Å². The van der Waals surface area contributed by atoms with Gasteiger partial charge in [0.05, 0.1) is 0 Å². The van der Waals surface area contributed by atoms with E-state index < -0.39 is 18.1 Å². The highest BCUT2D eigenvalue weighted by atomic mass is 32.1. The highest BCUT2D eigenvalue weighted by Gasteiger charge is 2.46. The molecule has 1 saturated heterocycles. The van der Waals surface area contributed by atoms with Crippen LogP contribution in [0.3, 0.4) is 0 Å². The first-order chi connectivity index (χ1) is 11.0. The Hall–Kier alpha value is -1.89. The van der Waals surface area contributed by atoms with Gasteiger partial charge < -0.3 is 4.90 Å². The fourth-order valence-corrected chi connectivity index (χ4v) is 3.55. The molecule has 23 heavy (non-hydrogen) atoms. The van der Waals surface area contributed by atoms with Crippen LogP contribution in [0, 0.1) is 0 Å². The lowest BCUT2D eigenvalue weighted by molar-refractivity contribution is -0.183. The van der Waals surface area contributed by atoms with Crippen molar-refractivity contribution in [2.75, 3.05) is 6.54 Å². The maximum absolute atomic E-state index is 13.1. The number of hydrogen-bond acceptors (Lipinski definition) is 3. The Kier molecular flexibility index (Phi) is 4.39. The molecule has 1 fully saturated rings. The van der Waals surface area contributed by atoms with Gasteiger partial charge in [-0.2, -0.15) is 13.2 Å². The lowest BCUT2D eigenvalue weighted by Gasteiger charge is -2.36. The van der Waals surface area contributed by atoms with E-state index in [0.29, 0.717) is 17.8 Å². The molecule has 0 aliphatic carbocycles. The summed E-state index contributed by atoms with van der Waals surface area (Å²) < 4.78 is 39.4. The number of rotatable bonds is 2. The minimum Gasteiger partial charge on any atom is -0.325 e. The predicted molar refractivity (Wildman–Crippen MR) is 82.3 cm³/mol. The normalized spacial score (nSPS) is 18.9. The van der Waals surface area contributed by atoms with Crippen molar-refractivity contribution in [3.8, 4) is 10.6 Å². The summed E-state index contributed by atoms with van der Waals surface area (Å²) in [6.45, 7) is 0.126. The van der Waals surface area contributed by atoms with Gasteiger partial charge in [-0.05, 0) is 19.3 Å². The Morgan fingerprint density at radius 2 is 1.96 bits per heavy atom. The number of carbonyl (C=O) groups is 1. The molecule has 122 valence electrons. The van der Waals surface area contributed by atoms with Crippen molar-refractivity contribution >= 4 is 17.2 Å². The number of amides is 1. The highest BCUT2D eigenvalue weighted by Crippen LogP contribution is 2.33. The minimum absolute atomic E-state index is 0.0368. The average molecular weight is 340 g/mol. The summed E-state index contributed by atoms with van der Waals surface area (Å²) in [5.41, 5.74) is 0.938. The quantitative estimate of drug-likeness (QED) is 0.813. The van der Waals surface area contributed by atoms with Crippen LogP contribution in [0.1, 0.15) is 29.8 Å². The van der Waals surface area contributed by atoms with Gasteiger partial charge in [-0.3, -0.25) is 4.79 Å². The lowest BCUT2D eigenvalue weighted by atomic mass is 10.0. The van der Waals surface area contributed by atoms with Crippen LogP contribution in [-0.4, -0.2) is 34.6 Å². The number of benzene rings is 1. The monoisotopic (exact) mass is 340 g/mol. The Labute approximate surface area is 135 Å². The summed E-state index contributed by atoms with van der Waals surface area (Å²) >= 11 is 1.26. The van der Waals surface area contributed by atoms with Crippen LogP contribution in [0.4, 0.5) is 13.2 Å². The maximum Gasteiger partial charge on any atom is 0.408 e. The zero-order valence-corrected chi connectivity index (χ0v) is 13.0. The molecule has 1 aliphatic heterocycles. The number of halogens is 3. The number of hydrogen-bond donors (Lipinski definition) is 0. The van der Waals surface area contributed by atoms with Gasteiger partial charge in [0.15, 0.2) is 0 Å². The number of nitrogens with zero attached hydrogens (tertiary/aromatic N) is 2. The molecule has 0 N–H and O–H groups in total. The summed E-state index contributed by atoms with van der Waals surface area (Å²) in [7, 11) is 0. The SMILES string of the molecule is O=C(c1csc(-c2ccccc2)n1)N1CCCCC1C(F)(F)F. The molecule has 0 bridgehead atoms. The van der Waals surface area contributed by atoms with Crippen molar-refractivity contribution in [3.63, 3.8) is 0 Å². The standard InChI is InChI=1S/C16H15F3N2OS/c17-16(18,19)13-8-4-5-9-21(13)15(22)12-10-23-14(20-12)11-6-2-1-3-7-11/h1-3,6-7,10,13H,4-5,8-9H2. The predicted octanol–water partition coefficient (Wildman–Crippen LogP) is 4.37. The molecule has 2 aromatic rings. The Morgan fingerprint density at radius 3 is 2.65 bits per heavy atom. The van der Waals surface area contributed by atoms with Crippen molar-refractivity contribution in [3.05, 3.63) is 41.4 Å². The van der Waals surface area contributed by atoms with Crippen LogP contribution >= 0.6 is 11.3 Å². The number of alkyl halides is 3. The Bertz CT molecular complexity index is 684. The number of thiazole rings is 1. The largest absolute Gasteiger partial charge is 0.408 e. The molecule has 1 amide bonds. The van der Waals surface area contributed by atoms with Gasteiger partial charge in [0.2, 0.25) is 0 Å². The molecule has 1 aromatic carbocycles. The smallest absolute Gasteiger partial charge is 0.325 e. The van der Waals surface area contributed by atoms with Crippen LogP contribution in [0.5, 0.6) is 0 Å². The molecule has 1 unspecified atom stereocenters. The number of carbonyl (C=O) groups excluding carboxylic acids is 1. The third-order valence-corrected chi connectivity index (χ3v) is 4.78. The van der Waals surface area contributed by atoms with Crippen LogP contribution in [0.2, 0.25) is 0 Å². The summed E-state index contributed by atoms with van der Waals surface area (Å²) in [6.07, 6.45) is -3.35. The second-order valence-electron chi connectivity index (χ2n) is 5.46. The van der Waals surface area contributed by atoms with E-state index in [9.17, 15) is 18.0 Å². The Morgan fingerprint density at radius 1 is 1.22 bits per heavy atom. The van der Waals surface area contributed by atoms with Crippen LogP contribution < -0.4 is 0 Å². The molecule has 0 saturated carbocycles. The van der Waals surface area contributed by atoms with E-state index in [1.165, 1.54) is 16.7 Å². The molecule has 7 heteroatoms. The first kappa shape index (κ1) is 16.0. The molecule has 3 nitrogen and oxygen atoms in total. The van der Waals surface area contributed by atoms with Crippen molar-refractivity contribution < 1.29 is 18.0 Å². The summed E-state index contributed by atoms with van der Waals surface area (Å²) in [5.74, 6) is -0.634. The van der Waals surface area contributed by atoms with E-state index in [-0.39, 0.29) is 18.7 Å². The highest BCUT2D eigenvalue weighted by molar-refractivity contribution is 7.13. The third kappa shape index (κ3) is 3.39. The maximum atomic E-state index is 13.1. The second kappa shape index (κ2) is 6.31. The fourth-order valence-electron chi connectivity index (χ4n) is 2.75. The van der Waals surface area contributed by atoms with E-state index in [0.717, 1.165) is 10.5 Å². The van der Waals surface area contributed by atoms with Crippen molar-refractivity contribution in [1.29, 1.82) is 0 Å². The van der Waals surface area contributed by atoms with Crippen LogP contribution in [0.25, 0.3) is 10.6 Å². The molecule has 2 heterocycles. The number of aromatic nitrogens is 1. The van der Waals surface area contributed by atoms with Gasteiger partial charge in [0.1, 0.15) is 16.7 Å². The summed E-state index contributed by atoms with van der Waals surface area (Å²) in [5, 5.41) is 2.17. The van der Waals surface area contributed by atoms with E-state index >= 15 is 0 Å². The van der Waals surface area contributed by atoms with Crippen molar-refractivity contribution in [2.45, 2.75) is 31.5 Å². The minimum atomic E-state index is -4.39. The summed E-state index contributed by atoms with van der Waals surface area (Å²) in [6, 6.07) is 7.57. The third-order valence-electron chi connectivity index (χ3n) is 3.89. The number of piperidine rings is 1. The van der Waals surface area contributed by atoms with Gasteiger partial charge in [0, 0.05) is 17.5 Å². The molecular formula is C16H15F3N2OS. The molecular weight excluding hydrogens is 325 g/mol. The zero-order valence-electron chi connectivity index (χ0n) is 12.2. The van der Waals surface area contributed by atoms with Gasteiger partial charge in [-0.15, -0.1) is 11.3 Å². The Balaban J connectivity index is 1.84. The summed E-state index contributed by atoms with van der Waals surface area (Å²) in [4.78, 5) is 17.6. The van der Waals surface area contributed by atoms with Gasteiger partial charge in [-0.25, -0.2) is 4.98 Å². The van der Waals surface area contributed by atoms with Gasteiger partial charge in [-0.1, -0.05) is 30.3 Å². The lowest BCUT2D eigenvalue weighted by Crippen LogP contribution is -2.51. The molecule has 0 spiro atoms. The first-order valence-electron chi connectivity index (χ1n) is 7.35. The molecule has 0 radical (unpaired) electrons. The van der Waals surface area contributed by atoms with Crippen LogP contribution in [0.15, 0.2) is 35.7 Å². The van der Waals surface area contributed by atoms with Gasteiger partial charge >= 0.3 is 6.18 Å². The molecule has 3 rings (SSSR count). The first-order valence-corrected chi connectivity index (χ1v) is 8.23. The van der Waals surface area contributed by atoms with E-state index in [4.69, 9.17) is 0 Å². The second-order valence-corrected chi connectivity index (χ2v) is 6.31. The van der Waals surface area contributed by atoms with Gasteiger partial charge in [0.25, 0.3) is 5.91 Å². The van der Waals surface area contributed by atoms with E-state index in [2.05, 4.69) is 4.98 Å². The van der Waals surface area contributed by atoms with Crippen molar-refractivity contribution in [2.24, 2.45) is 0 Å². The average Bonchev–Trinajstić information content (AvgIpc) is 3.04. The zero-order chi connectivity index (χ0) is 16.4. The topological polar surface area (TPSA) is 33.2 Å². The number of likely N-dealkylation sites (tertiary alicyclic amines) is 1. The fraction of sp³-hybridized carbons (Fsp3) is 0.375. The molecule has 1 atom stereocenters. The van der Waals surface area contributed by atoms with Crippen LogP contribution in [-0.2, 0) is 0 Å². The van der Waals surface area contributed by atoms with E-state index in [1.807, 2.05) is 30.3 Å². The molecule has 1 aliphatic rings.